The van der Waals surface area contributed by atoms with Crippen LogP contribution in [0, 0.1) is 12.3 Å². The van der Waals surface area contributed by atoms with Gasteiger partial charge in [0.05, 0.1) is 12.1 Å². The van der Waals surface area contributed by atoms with Crippen molar-refractivity contribution in [3.05, 3.63) is 59.4 Å². The molecule has 1 aromatic heterocycles. The van der Waals surface area contributed by atoms with Gasteiger partial charge < -0.3 is 10.6 Å². The third-order valence-electron chi connectivity index (χ3n) is 3.04. The number of rotatable bonds is 4. The molecule has 2 N–H and O–H groups in total. The van der Waals surface area contributed by atoms with Gasteiger partial charge in [-0.2, -0.15) is 13.2 Å². The minimum absolute atomic E-state index is 0.409. The highest BCUT2D eigenvalue weighted by Gasteiger charge is 2.36. The van der Waals surface area contributed by atoms with Gasteiger partial charge in [-0.25, -0.2) is 0 Å². The number of halogens is 3. The number of carbonyl (C=O) groups excluding carboxylic acids is 2. The Hall–Kier alpha value is -3.34. The standard InChI is InChI=1S/C17H12F3N3O2/c1-2-11-5-3-6-12(9-11)23-14(24)10-22-16(25)13-7-4-8-21-15(13)17(18,19)20/h1,3-9H,10H2,(H,22,25)(H,23,24). The van der Waals surface area contributed by atoms with Crippen molar-refractivity contribution in [2.24, 2.45) is 0 Å². The molecule has 5 nitrogen and oxygen atoms in total. The Morgan fingerprint density at radius 1 is 1.20 bits per heavy atom. The molecular formula is C17H12F3N3O2. The van der Waals surface area contributed by atoms with E-state index in [1.807, 2.05) is 0 Å². The number of aromatic nitrogens is 1. The summed E-state index contributed by atoms with van der Waals surface area (Å²) in [6.45, 7) is -0.509. The Labute approximate surface area is 141 Å². The number of terminal acetylenes is 1. The number of nitrogens with zero attached hydrogens (tertiary/aromatic N) is 1. The third kappa shape index (κ3) is 4.81. The first-order chi connectivity index (χ1) is 11.8. The van der Waals surface area contributed by atoms with E-state index in [2.05, 4.69) is 21.5 Å². The van der Waals surface area contributed by atoms with Crippen molar-refractivity contribution in [1.82, 2.24) is 10.3 Å². The SMILES string of the molecule is C#Cc1cccc(NC(=O)CNC(=O)c2cccnc2C(F)(F)F)c1. The van der Waals surface area contributed by atoms with E-state index in [0.29, 0.717) is 11.3 Å². The summed E-state index contributed by atoms with van der Waals surface area (Å²) in [6.07, 6.45) is 1.41. The second-order valence-electron chi connectivity index (χ2n) is 4.85. The zero-order chi connectivity index (χ0) is 18.4. The Balaban J connectivity index is 2.01. The summed E-state index contributed by atoms with van der Waals surface area (Å²) < 4.78 is 38.5. The molecular weight excluding hydrogens is 335 g/mol. The lowest BCUT2D eigenvalue weighted by molar-refractivity contribution is -0.141. The van der Waals surface area contributed by atoms with Crippen LogP contribution in [0.15, 0.2) is 42.6 Å². The fourth-order valence-corrected chi connectivity index (χ4v) is 1.96. The quantitative estimate of drug-likeness (QED) is 0.835. The van der Waals surface area contributed by atoms with Crippen molar-refractivity contribution in [2.45, 2.75) is 6.18 Å². The summed E-state index contributed by atoms with van der Waals surface area (Å²) >= 11 is 0. The van der Waals surface area contributed by atoms with Gasteiger partial charge in [-0.15, -0.1) is 6.42 Å². The number of hydrogen-bond donors (Lipinski definition) is 2. The largest absolute Gasteiger partial charge is 0.434 e. The smallest absolute Gasteiger partial charge is 0.343 e. The predicted molar refractivity (Wildman–Crippen MR) is 84.6 cm³/mol. The summed E-state index contributed by atoms with van der Waals surface area (Å²) in [7, 11) is 0. The van der Waals surface area contributed by atoms with E-state index >= 15 is 0 Å². The van der Waals surface area contributed by atoms with E-state index in [4.69, 9.17) is 6.42 Å². The van der Waals surface area contributed by atoms with Crippen LogP contribution in [0.1, 0.15) is 21.6 Å². The van der Waals surface area contributed by atoms with Crippen molar-refractivity contribution in [1.29, 1.82) is 0 Å². The van der Waals surface area contributed by atoms with Crippen molar-refractivity contribution in [3.63, 3.8) is 0 Å². The number of benzene rings is 1. The Kier molecular flexibility index (Phi) is 5.39. The number of hydrogen-bond acceptors (Lipinski definition) is 3. The molecule has 1 heterocycles. The first kappa shape index (κ1) is 18.0. The molecule has 0 bridgehead atoms. The van der Waals surface area contributed by atoms with Gasteiger partial charge in [0.25, 0.3) is 5.91 Å². The fraction of sp³-hybridized carbons (Fsp3) is 0.118. The van der Waals surface area contributed by atoms with Crippen LogP contribution in [0.25, 0.3) is 0 Å². The highest BCUT2D eigenvalue weighted by atomic mass is 19.4. The summed E-state index contributed by atoms with van der Waals surface area (Å²) in [5.41, 5.74) is -1.01. The van der Waals surface area contributed by atoms with E-state index in [9.17, 15) is 22.8 Å². The van der Waals surface area contributed by atoms with Gasteiger partial charge in [0.1, 0.15) is 0 Å². The van der Waals surface area contributed by atoms with Crippen molar-refractivity contribution in [3.8, 4) is 12.3 Å². The molecule has 0 saturated carbocycles. The van der Waals surface area contributed by atoms with Crippen molar-refractivity contribution < 1.29 is 22.8 Å². The van der Waals surface area contributed by atoms with Crippen LogP contribution in [0.5, 0.6) is 0 Å². The van der Waals surface area contributed by atoms with Crippen LogP contribution in [-0.2, 0) is 11.0 Å². The minimum atomic E-state index is -4.77. The monoisotopic (exact) mass is 347 g/mol. The maximum Gasteiger partial charge on any atom is 0.434 e. The molecule has 0 saturated heterocycles. The topological polar surface area (TPSA) is 71.1 Å². The van der Waals surface area contributed by atoms with Crippen molar-refractivity contribution in [2.75, 3.05) is 11.9 Å². The molecule has 128 valence electrons. The Bertz CT molecular complexity index is 842. The van der Waals surface area contributed by atoms with Crippen LogP contribution < -0.4 is 10.6 Å². The number of amides is 2. The van der Waals surface area contributed by atoms with Crippen LogP contribution >= 0.6 is 0 Å². The Morgan fingerprint density at radius 2 is 1.96 bits per heavy atom. The number of carbonyl (C=O) groups is 2. The van der Waals surface area contributed by atoms with Crippen LogP contribution in [0.4, 0.5) is 18.9 Å². The zero-order valence-electron chi connectivity index (χ0n) is 12.7. The maximum atomic E-state index is 12.8. The van der Waals surface area contributed by atoms with Gasteiger partial charge in [-0.1, -0.05) is 12.0 Å². The first-order valence-electron chi connectivity index (χ1n) is 6.98. The molecule has 0 aliphatic rings. The molecule has 25 heavy (non-hydrogen) atoms. The van der Waals surface area contributed by atoms with Crippen LogP contribution in [-0.4, -0.2) is 23.3 Å². The lowest BCUT2D eigenvalue weighted by Gasteiger charge is -2.11. The van der Waals surface area contributed by atoms with E-state index in [1.165, 1.54) is 6.07 Å². The van der Waals surface area contributed by atoms with Crippen LogP contribution in [0.2, 0.25) is 0 Å². The molecule has 1 aromatic carbocycles. The van der Waals surface area contributed by atoms with E-state index in [1.54, 1.807) is 24.3 Å². The van der Waals surface area contributed by atoms with Gasteiger partial charge >= 0.3 is 6.18 Å². The van der Waals surface area contributed by atoms with Gasteiger partial charge in [-0.05, 0) is 30.3 Å². The average molecular weight is 347 g/mol. The number of nitrogens with one attached hydrogen (secondary N) is 2. The highest BCUT2D eigenvalue weighted by Crippen LogP contribution is 2.29. The highest BCUT2D eigenvalue weighted by molar-refractivity contribution is 6.00. The van der Waals surface area contributed by atoms with E-state index in [0.717, 1.165) is 12.3 Å². The van der Waals surface area contributed by atoms with E-state index < -0.39 is 35.8 Å². The van der Waals surface area contributed by atoms with Gasteiger partial charge in [-0.3, -0.25) is 14.6 Å². The number of anilines is 1. The Morgan fingerprint density at radius 3 is 2.64 bits per heavy atom. The summed E-state index contributed by atoms with van der Waals surface area (Å²) in [4.78, 5) is 26.9. The number of alkyl halides is 3. The summed E-state index contributed by atoms with van der Waals surface area (Å²) in [6, 6.07) is 8.62. The summed E-state index contributed by atoms with van der Waals surface area (Å²) in [5.74, 6) is 0.739. The lowest BCUT2D eigenvalue weighted by atomic mass is 10.1. The number of pyridine rings is 1. The molecule has 2 amide bonds. The zero-order valence-corrected chi connectivity index (χ0v) is 12.7. The normalized spacial score (nSPS) is 10.6. The molecule has 0 unspecified atom stereocenters. The second-order valence-corrected chi connectivity index (χ2v) is 4.85. The predicted octanol–water partition coefficient (Wildman–Crippen LogP) is 2.45. The molecule has 0 spiro atoms. The fourth-order valence-electron chi connectivity index (χ4n) is 1.96. The molecule has 2 aromatic rings. The second kappa shape index (κ2) is 7.49. The maximum absolute atomic E-state index is 12.8. The van der Waals surface area contributed by atoms with E-state index in [-0.39, 0.29) is 0 Å². The third-order valence-corrected chi connectivity index (χ3v) is 3.04. The van der Waals surface area contributed by atoms with Crippen molar-refractivity contribution >= 4 is 17.5 Å². The van der Waals surface area contributed by atoms with Gasteiger partial charge in [0, 0.05) is 17.4 Å². The molecule has 8 heteroatoms. The first-order valence-corrected chi connectivity index (χ1v) is 6.98. The molecule has 0 aliphatic heterocycles. The molecule has 0 radical (unpaired) electrons. The van der Waals surface area contributed by atoms with Crippen LogP contribution in [0.3, 0.4) is 0 Å². The molecule has 2 rings (SSSR count). The molecule has 0 aliphatic carbocycles. The molecule has 0 atom stereocenters. The van der Waals surface area contributed by atoms with Gasteiger partial charge in [0.2, 0.25) is 5.91 Å². The minimum Gasteiger partial charge on any atom is -0.343 e. The van der Waals surface area contributed by atoms with Gasteiger partial charge in [0.15, 0.2) is 5.69 Å². The average Bonchev–Trinajstić information content (AvgIpc) is 2.59. The summed E-state index contributed by atoms with van der Waals surface area (Å²) in [5, 5.41) is 4.61. The molecule has 0 fully saturated rings. The lowest BCUT2D eigenvalue weighted by Crippen LogP contribution is -2.34.